The van der Waals surface area contributed by atoms with Gasteiger partial charge in [0.15, 0.2) is 0 Å². The molecule has 0 fully saturated rings. The minimum atomic E-state index is 0.494. The minimum absolute atomic E-state index is 0.494. The summed E-state index contributed by atoms with van der Waals surface area (Å²) in [5, 5.41) is 3.62. The van der Waals surface area contributed by atoms with E-state index in [0.717, 1.165) is 6.54 Å². The summed E-state index contributed by atoms with van der Waals surface area (Å²) in [4.78, 5) is 0. The number of hydrogen-bond donors (Lipinski definition) is 1. The predicted molar refractivity (Wildman–Crippen MR) is 74.4 cm³/mol. The van der Waals surface area contributed by atoms with Crippen molar-refractivity contribution in [3.63, 3.8) is 0 Å². The second-order valence-corrected chi connectivity index (χ2v) is 5.17. The molecule has 1 aromatic carbocycles. The molecule has 1 heteroatoms. The first-order valence-corrected chi connectivity index (χ1v) is 6.68. The van der Waals surface area contributed by atoms with Crippen LogP contribution in [-0.2, 0) is 6.42 Å². The van der Waals surface area contributed by atoms with Gasteiger partial charge in [-0.05, 0) is 44.4 Å². The molecular formula is C16H23N. The molecule has 92 valence electrons. The summed E-state index contributed by atoms with van der Waals surface area (Å²) in [6.07, 6.45) is 4.90. The SMILES string of the molecule is CCNC(C=C(C)C)C1CCc2ccccc21. The van der Waals surface area contributed by atoms with Gasteiger partial charge >= 0.3 is 0 Å². The molecule has 1 N–H and O–H groups in total. The normalized spacial score (nSPS) is 19.8. The first-order valence-electron chi connectivity index (χ1n) is 6.68. The Hall–Kier alpha value is -1.08. The number of likely N-dealkylation sites (N-methyl/N-ethyl adjacent to an activating group) is 1. The van der Waals surface area contributed by atoms with Crippen LogP contribution in [0.3, 0.4) is 0 Å². The zero-order valence-electron chi connectivity index (χ0n) is 11.2. The fourth-order valence-corrected chi connectivity index (χ4v) is 2.88. The maximum atomic E-state index is 3.62. The molecule has 1 aliphatic rings. The lowest BCUT2D eigenvalue weighted by Gasteiger charge is -2.23. The average Bonchev–Trinajstić information content (AvgIpc) is 2.71. The maximum absolute atomic E-state index is 3.62. The van der Waals surface area contributed by atoms with Crippen LogP contribution in [0.15, 0.2) is 35.9 Å². The van der Waals surface area contributed by atoms with E-state index in [-0.39, 0.29) is 0 Å². The Morgan fingerprint density at radius 3 is 2.88 bits per heavy atom. The molecule has 2 rings (SSSR count). The molecule has 0 saturated heterocycles. The quantitative estimate of drug-likeness (QED) is 0.777. The lowest BCUT2D eigenvalue weighted by Crippen LogP contribution is -2.32. The lowest BCUT2D eigenvalue weighted by atomic mass is 9.92. The van der Waals surface area contributed by atoms with Crippen LogP contribution in [0.1, 0.15) is 44.2 Å². The highest BCUT2D eigenvalue weighted by Crippen LogP contribution is 2.35. The van der Waals surface area contributed by atoms with E-state index in [4.69, 9.17) is 0 Å². The van der Waals surface area contributed by atoms with Gasteiger partial charge in [-0.1, -0.05) is 42.8 Å². The molecule has 0 aromatic heterocycles. The van der Waals surface area contributed by atoms with Gasteiger partial charge in [0.25, 0.3) is 0 Å². The molecule has 0 radical (unpaired) electrons. The van der Waals surface area contributed by atoms with E-state index < -0.39 is 0 Å². The van der Waals surface area contributed by atoms with E-state index in [1.807, 2.05) is 0 Å². The van der Waals surface area contributed by atoms with Crippen LogP contribution < -0.4 is 5.32 Å². The Morgan fingerprint density at radius 2 is 2.18 bits per heavy atom. The third-order valence-electron chi connectivity index (χ3n) is 3.57. The topological polar surface area (TPSA) is 12.0 Å². The lowest BCUT2D eigenvalue weighted by molar-refractivity contribution is 0.504. The molecule has 0 saturated carbocycles. The van der Waals surface area contributed by atoms with Gasteiger partial charge in [0.05, 0.1) is 0 Å². The van der Waals surface area contributed by atoms with Crippen LogP contribution in [-0.4, -0.2) is 12.6 Å². The van der Waals surface area contributed by atoms with Gasteiger partial charge in [0.1, 0.15) is 0 Å². The standard InChI is InChI=1S/C16H23N/c1-4-17-16(11-12(2)3)15-10-9-13-7-5-6-8-14(13)15/h5-8,11,15-17H,4,9-10H2,1-3H3. The first kappa shape index (κ1) is 12.4. The molecule has 0 heterocycles. The Balaban J connectivity index is 2.24. The van der Waals surface area contributed by atoms with Gasteiger partial charge in [0, 0.05) is 12.0 Å². The van der Waals surface area contributed by atoms with Crippen molar-refractivity contribution in [2.45, 2.75) is 45.6 Å². The zero-order valence-corrected chi connectivity index (χ0v) is 11.2. The van der Waals surface area contributed by atoms with Crippen molar-refractivity contribution in [2.24, 2.45) is 0 Å². The van der Waals surface area contributed by atoms with Crippen LogP contribution in [0.2, 0.25) is 0 Å². The van der Waals surface area contributed by atoms with Crippen molar-refractivity contribution in [2.75, 3.05) is 6.54 Å². The van der Waals surface area contributed by atoms with E-state index in [2.05, 4.69) is 56.4 Å². The van der Waals surface area contributed by atoms with E-state index in [0.29, 0.717) is 12.0 Å². The van der Waals surface area contributed by atoms with Gasteiger partial charge in [-0.15, -0.1) is 0 Å². The zero-order chi connectivity index (χ0) is 12.3. The summed E-state index contributed by atoms with van der Waals surface area (Å²) in [7, 11) is 0. The second kappa shape index (κ2) is 5.50. The van der Waals surface area contributed by atoms with E-state index in [1.54, 1.807) is 11.1 Å². The van der Waals surface area contributed by atoms with E-state index in [1.165, 1.54) is 18.4 Å². The number of allylic oxidation sites excluding steroid dienone is 1. The van der Waals surface area contributed by atoms with Gasteiger partial charge in [-0.25, -0.2) is 0 Å². The van der Waals surface area contributed by atoms with Gasteiger partial charge in [0.2, 0.25) is 0 Å². The molecule has 1 aliphatic carbocycles. The Kier molecular flexibility index (Phi) is 4.01. The average molecular weight is 229 g/mol. The monoisotopic (exact) mass is 229 g/mol. The fourth-order valence-electron chi connectivity index (χ4n) is 2.88. The van der Waals surface area contributed by atoms with E-state index in [9.17, 15) is 0 Å². The van der Waals surface area contributed by atoms with Crippen LogP contribution in [0, 0.1) is 0 Å². The van der Waals surface area contributed by atoms with Crippen molar-refractivity contribution in [3.05, 3.63) is 47.0 Å². The van der Waals surface area contributed by atoms with Crippen molar-refractivity contribution in [3.8, 4) is 0 Å². The first-order chi connectivity index (χ1) is 8.22. The smallest absolute Gasteiger partial charge is 0.0321 e. The van der Waals surface area contributed by atoms with Crippen molar-refractivity contribution < 1.29 is 0 Å². The highest BCUT2D eigenvalue weighted by atomic mass is 14.9. The molecule has 17 heavy (non-hydrogen) atoms. The molecule has 1 nitrogen and oxygen atoms in total. The number of aryl methyl sites for hydroxylation is 1. The van der Waals surface area contributed by atoms with Crippen molar-refractivity contribution in [1.82, 2.24) is 5.32 Å². The number of fused-ring (bicyclic) bond motifs is 1. The molecule has 2 atom stereocenters. The number of rotatable bonds is 4. The maximum Gasteiger partial charge on any atom is 0.0321 e. The van der Waals surface area contributed by atoms with Gasteiger partial charge in [-0.2, -0.15) is 0 Å². The summed E-state index contributed by atoms with van der Waals surface area (Å²) < 4.78 is 0. The third kappa shape index (κ3) is 2.78. The van der Waals surface area contributed by atoms with Crippen LogP contribution >= 0.6 is 0 Å². The molecular weight excluding hydrogens is 206 g/mol. The Labute approximate surface area is 105 Å². The van der Waals surface area contributed by atoms with Gasteiger partial charge in [-0.3, -0.25) is 0 Å². The fraction of sp³-hybridized carbons (Fsp3) is 0.500. The van der Waals surface area contributed by atoms with Crippen molar-refractivity contribution in [1.29, 1.82) is 0 Å². The Bertz CT molecular complexity index is 402. The van der Waals surface area contributed by atoms with Crippen LogP contribution in [0.25, 0.3) is 0 Å². The highest BCUT2D eigenvalue weighted by molar-refractivity contribution is 5.37. The van der Waals surface area contributed by atoms with E-state index >= 15 is 0 Å². The van der Waals surface area contributed by atoms with Crippen LogP contribution in [0.4, 0.5) is 0 Å². The largest absolute Gasteiger partial charge is 0.310 e. The third-order valence-corrected chi connectivity index (χ3v) is 3.57. The minimum Gasteiger partial charge on any atom is -0.310 e. The van der Waals surface area contributed by atoms with Crippen molar-refractivity contribution >= 4 is 0 Å². The number of hydrogen-bond acceptors (Lipinski definition) is 1. The molecule has 0 aliphatic heterocycles. The molecule has 2 unspecified atom stereocenters. The van der Waals surface area contributed by atoms with Crippen LogP contribution in [0.5, 0.6) is 0 Å². The molecule has 0 spiro atoms. The summed E-state index contributed by atoms with van der Waals surface area (Å²) in [5.41, 5.74) is 4.50. The summed E-state index contributed by atoms with van der Waals surface area (Å²) in [6, 6.07) is 9.40. The number of nitrogens with one attached hydrogen (secondary N) is 1. The molecule has 1 aromatic rings. The predicted octanol–water partition coefficient (Wildman–Crippen LogP) is 3.66. The summed E-state index contributed by atoms with van der Waals surface area (Å²) >= 11 is 0. The second-order valence-electron chi connectivity index (χ2n) is 5.17. The van der Waals surface area contributed by atoms with Gasteiger partial charge < -0.3 is 5.32 Å². The number of benzene rings is 1. The summed E-state index contributed by atoms with van der Waals surface area (Å²) in [6.45, 7) is 7.59. The summed E-state index contributed by atoms with van der Waals surface area (Å²) in [5.74, 6) is 0.654. The highest BCUT2D eigenvalue weighted by Gasteiger charge is 2.27. The molecule has 0 amide bonds. The Morgan fingerprint density at radius 1 is 1.41 bits per heavy atom. The molecule has 0 bridgehead atoms.